The Kier molecular flexibility index (Phi) is 8.73. The lowest BCUT2D eigenvalue weighted by Gasteiger charge is -2.14. The number of aliphatic hydroxyl groups excluding tert-OH is 1. The number of halogens is 1. The monoisotopic (exact) mass is 292 g/mol. The van der Waals surface area contributed by atoms with Crippen molar-refractivity contribution < 1.29 is 14.2 Å². The maximum atomic E-state index is 13.5. The van der Waals surface area contributed by atoms with Crippen LogP contribution in [0, 0.1) is 23.6 Å². The average molecular weight is 292 g/mol. The highest BCUT2D eigenvalue weighted by molar-refractivity contribution is 5.37. The number of hydrogen-bond donors (Lipinski definition) is 1. The molecule has 0 saturated carbocycles. The zero-order chi connectivity index (χ0) is 15.5. The molecule has 0 aliphatic rings. The van der Waals surface area contributed by atoms with Crippen molar-refractivity contribution in [1.29, 1.82) is 0 Å². The van der Waals surface area contributed by atoms with Crippen LogP contribution in [0.1, 0.15) is 50.7 Å². The predicted octanol–water partition coefficient (Wildman–Crippen LogP) is 3.90. The maximum Gasteiger partial charge on any atom is 0.124 e. The van der Waals surface area contributed by atoms with Crippen molar-refractivity contribution in [3.63, 3.8) is 0 Å². The van der Waals surface area contributed by atoms with Gasteiger partial charge in [0.15, 0.2) is 0 Å². The van der Waals surface area contributed by atoms with Gasteiger partial charge in [-0.25, -0.2) is 4.39 Å². The van der Waals surface area contributed by atoms with Crippen molar-refractivity contribution in [2.24, 2.45) is 5.92 Å². The Balaban J connectivity index is 2.52. The SMILES string of the molecule is CCCCC(CC)COCc1cc(F)cc(C#CCO)c1. The van der Waals surface area contributed by atoms with E-state index in [1.807, 2.05) is 0 Å². The molecule has 3 heteroatoms. The van der Waals surface area contributed by atoms with E-state index in [2.05, 4.69) is 25.7 Å². The molecule has 0 heterocycles. The second-order valence-electron chi connectivity index (χ2n) is 5.24. The van der Waals surface area contributed by atoms with Gasteiger partial charge in [-0.2, -0.15) is 0 Å². The summed E-state index contributed by atoms with van der Waals surface area (Å²) in [4.78, 5) is 0. The Labute approximate surface area is 127 Å². The molecule has 0 radical (unpaired) electrons. The van der Waals surface area contributed by atoms with Crippen molar-refractivity contribution in [2.75, 3.05) is 13.2 Å². The van der Waals surface area contributed by atoms with Gasteiger partial charge in [0.25, 0.3) is 0 Å². The lowest BCUT2D eigenvalue weighted by Crippen LogP contribution is -2.09. The second kappa shape index (κ2) is 10.4. The molecule has 1 aromatic rings. The lowest BCUT2D eigenvalue weighted by atomic mass is 10.0. The molecule has 1 rings (SSSR count). The van der Waals surface area contributed by atoms with Crippen LogP contribution >= 0.6 is 0 Å². The molecule has 0 aliphatic carbocycles. The van der Waals surface area contributed by atoms with Crippen LogP contribution in [0.15, 0.2) is 18.2 Å². The highest BCUT2D eigenvalue weighted by Crippen LogP contribution is 2.15. The number of ether oxygens (including phenoxy) is 1. The van der Waals surface area contributed by atoms with Crippen LogP contribution in [0.25, 0.3) is 0 Å². The van der Waals surface area contributed by atoms with Gasteiger partial charge < -0.3 is 9.84 Å². The summed E-state index contributed by atoms with van der Waals surface area (Å²) < 4.78 is 19.2. The first-order chi connectivity index (χ1) is 10.2. The highest BCUT2D eigenvalue weighted by atomic mass is 19.1. The fraction of sp³-hybridized carbons (Fsp3) is 0.556. The van der Waals surface area contributed by atoms with Crippen molar-refractivity contribution >= 4 is 0 Å². The average Bonchev–Trinajstić information content (AvgIpc) is 2.48. The third kappa shape index (κ3) is 7.27. The summed E-state index contributed by atoms with van der Waals surface area (Å²) in [5.74, 6) is 5.50. The molecule has 0 bridgehead atoms. The minimum Gasteiger partial charge on any atom is -0.384 e. The molecule has 2 nitrogen and oxygen atoms in total. The molecule has 0 amide bonds. The fourth-order valence-electron chi connectivity index (χ4n) is 2.19. The number of aliphatic hydroxyl groups is 1. The Morgan fingerprint density at radius 2 is 2.10 bits per heavy atom. The van der Waals surface area contributed by atoms with Crippen molar-refractivity contribution in [2.45, 2.75) is 46.1 Å². The van der Waals surface area contributed by atoms with Gasteiger partial charge in [-0.05, 0) is 36.1 Å². The van der Waals surface area contributed by atoms with Crippen molar-refractivity contribution in [3.8, 4) is 11.8 Å². The zero-order valence-electron chi connectivity index (χ0n) is 13.0. The standard InChI is InChI=1S/C18H25FO2/c1-3-5-7-15(4-2)13-21-14-17-10-16(8-6-9-20)11-18(19)12-17/h10-12,15,20H,3-5,7,9,13-14H2,1-2H3. The third-order valence-corrected chi connectivity index (χ3v) is 3.43. The quantitative estimate of drug-likeness (QED) is 0.736. The van der Waals surface area contributed by atoms with E-state index in [1.165, 1.54) is 31.4 Å². The fourth-order valence-corrected chi connectivity index (χ4v) is 2.19. The van der Waals surface area contributed by atoms with Crippen LogP contribution in [0.3, 0.4) is 0 Å². The van der Waals surface area contributed by atoms with Crippen LogP contribution in [0.2, 0.25) is 0 Å². The Hall–Kier alpha value is -1.37. The zero-order valence-corrected chi connectivity index (χ0v) is 13.0. The van der Waals surface area contributed by atoms with E-state index in [4.69, 9.17) is 9.84 Å². The smallest absolute Gasteiger partial charge is 0.124 e. The van der Waals surface area contributed by atoms with E-state index in [0.29, 0.717) is 24.7 Å². The summed E-state index contributed by atoms with van der Waals surface area (Å²) in [6.45, 7) is 5.25. The highest BCUT2D eigenvalue weighted by Gasteiger charge is 2.06. The molecule has 1 aromatic carbocycles. The molecule has 1 N–H and O–H groups in total. The molecule has 0 fully saturated rings. The summed E-state index contributed by atoms with van der Waals surface area (Å²) in [7, 11) is 0. The van der Waals surface area contributed by atoms with Gasteiger partial charge in [-0.3, -0.25) is 0 Å². The topological polar surface area (TPSA) is 29.5 Å². The summed E-state index contributed by atoms with van der Waals surface area (Å²) in [6, 6.07) is 4.64. The van der Waals surface area contributed by atoms with Gasteiger partial charge in [0.05, 0.1) is 6.61 Å². The van der Waals surface area contributed by atoms with Gasteiger partial charge in [0.1, 0.15) is 12.4 Å². The first-order valence-electron chi connectivity index (χ1n) is 7.66. The Bertz CT molecular complexity index is 474. The lowest BCUT2D eigenvalue weighted by molar-refractivity contribution is 0.0818. The second-order valence-corrected chi connectivity index (χ2v) is 5.24. The third-order valence-electron chi connectivity index (χ3n) is 3.43. The number of rotatable bonds is 8. The molecule has 0 aromatic heterocycles. The molecule has 0 aliphatic heterocycles. The largest absolute Gasteiger partial charge is 0.384 e. The Morgan fingerprint density at radius 1 is 1.29 bits per heavy atom. The van der Waals surface area contributed by atoms with Crippen LogP contribution in [0.5, 0.6) is 0 Å². The number of unbranched alkanes of at least 4 members (excludes halogenated alkanes) is 1. The number of benzene rings is 1. The maximum absolute atomic E-state index is 13.5. The molecule has 0 saturated heterocycles. The van der Waals surface area contributed by atoms with Gasteiger partial charge in [-0.15, -0.1) is 0 Å². The van der Waals surface area contributed by atoms with E-state index >= 15 is 0 Å². The van der Waals surface area contributed by atoms with Crippen LogP contribution in [-0.4, -0.2) is 18.3 Å². The van der Waals surface area contributed by atoms with Crippen LogP contribution in [0.4, 0.5) is 4.39 Å². The molecule has 116 valence electrons. The summed E-state index contributed by atoms with van der Waals surface area (Å²) in [6.07, 6.45) is 4.72. The van der Waals surface area contributed by atoms with Crippen molar-refractivity contribution in [3.05, 3.63) is 35.1 Å². The van der Waals surface area contributed by atoms with Gasteiger partial charge in [0, 0.05) is 12.2 Å². The summed E-state index contributed by atoms with van der Waals surface area (Å²) in [5, 5.41) is 8.67. The summed E-state index contributed by atoms with van der Waals surface area (Å²) in [5.41, 5.74) is 1.35. The minimum atomic E-state index is -0.323. The van der Waals surface area contributed by atoms with Crippen LogP contribution in [-0.2, 0) is 11.3 Å². The Morgan fingerprint density at radius 3 is 2.76 bits per heavy atom. The van der Waals surface area contributed by atoms with Gasteiger partial charge in [-0.1, -0.05) is 45.0 Å². The van der Waals surface area contributed by atoms with E-state index < -0.39 is 0 Å². The first kappa shape index (κ1) is 17.7. The van der Waals surface area contributed by atoms with E-state index in [9.17, 15) is 4.39 Å². The predicted molar refractivity (Wildman–Crippen MR) is 83.3 cm³/mol. The van der Waals surface area contributed by atoms with E-state index in [1.54, 1.807) is 6.07 Å². The van der Waals surface area contributed by atoms with E-state index in [0.717, 1.165) is 12.0 Å². The van der Waals surface area contributed by atoms with Gasteiger partial charge >= 0.3 is 0 Å². The molecule has 1 unspecified atom stereocenters. The summed E-state index contributed by atoms with van der Waals surface area (Å²) >= 11 is 0. The van der Waals surface area contributed by atoms with Crippen LogP contribution < -0.4 is 0 Å². The van der Waals surface area contributed by atoms with Crippen molar-refractivity contribution in [1.82, 2.24) is 0 Å². The molecular weight excluding hydrogens is 267 g/mol. The first-order valence-corrected chi connectivity index (χ1v) is 7.66. The van der Waals surface area contributed by atoms with E-state index in [-0.39, 0.29) is 12.4 Å². The molecule has 21 heavy (non-hydrogen) atoms. The molecule has 0 spiro atoms. The number of hydrogen-bond acceptors (Lipinski definition) is 2. The normalized spacial score (nSPS) is 11.8. The minimum absolute atomic E-state index is 0.224. The molecular formula is C18H25FO2. The molecule has 1 atom stereocenters. The van der Waals surface area contributed by atoms with Gasteiger partial charge in [0.2, 0.25) is 0 Å².